The molecule has 1 heterocycles. The van der Waals surface area contributed by atoms with Gasteiger partial charge in [0.05, 0.1) is 0 Å². The van der Waals surface area contributed by atoms with Gasteiger partial charge < -0.3 is 16.3 Å². The fourth-order valence-corrected chi connectivity index (χ4v) is 2.89. The monoisotopic (exact) mass is 290 g/mol. The van der Waals surface area contributed by atoms with Crippen molar-refractivity contribution >= 4 is 11.7 Å². The molecule has 0 spiro atoms. The molecule has 1 amide bonds. The molecule has 1 aliphatic rings. The summed E-state index contributed by atoms with van der Waals surface area (Å²) in [7, 11) is 0. The molecular formula is C15H22N4O2. The molecule has 1 aliphatic carbocycles. The number of rotatable bonds is 5. The molecule has 0 aliphatic heterocycles. The minimum Gasteiger partial charge on any atom is -0.409 e. The summed E-state index contributed by atoms with van der Waals surface area (Å²) in [4.78, 5) is 16.6. The van der Waals surface area contributed by atoms with Crippen LogP contribution < -0.4 is 11.1 Å². The summed E-state index contributed by atoms with van der Waals surface area (Å²) < 4.78 is 0. The van der Waals surface area contributed by atoms with Crippen LogP contribution >= 0.6 is 0 Å². The Morgan fingerprint density at radius 1 is 1.43 bits per heavy atom. The molecule has 0 atom stereocenters. The van der Waals surface area contributed by atoms with Gasteiger partial charge in [-0.3, -0.25) is 9.78 Å². The van der Waals surface area contributed by atoms with Gasteiger partial charge >= 0.3 is 0 Å². The van der Waals surface area contributed by atoms with Crippen LogP contribution in [0.1, 0.15) is 37.7 Å². The van der Waals surface area contributed by atoms with Crippen molar-refractivity contribution in [1.82, 2.24) is 10.3 Å². The molecule has 1 aromatic rings. The first-order valence-electron chi connectivity index (χ1n) is 7.34. The van der Waals surface area contributed by atoms with Gasteiger partial charge in [0, 0.05) is 18.9 Å². The molecular weight excluding hydrogens is 268 g/mol. The molecule has 0 saturated heterocycles. The molecule has 4 N–H and O–H groups in total. The van der Waals surface area contributed by atoms with E-state index in [-0.39, 0.29) is 11.7 Å². The molecule has 6 nitrogen and oxygen atoms in total. The number of nitrogens with two attached hydrogens (primary N) is 1. The summed E-state index contributed by atoms with van der Waals surface area (Å²) in [6.45, 7) is 0.519. The zero-order chi connectivity index (χ0) is 15.1. The molecule has 0 aromatic carbocycles. The maximum absolute atomic E-state index is 12.5. The third-order valence-corrected chi connectivity index (χ3v) is 4.16. The maximum atomic E-state index is 12.5. The highest BCUT2D eigenvalue weighted by molar-refractivity contribution is 6.06. The first kappa shape index (κ1) is 15.3. The minimum atomic E-state index is -0.845. The summed E-state index contributed by atoms with van der Waals surface area (Å²) in [6, 6.07) is 3.84. The molecule has 2 rings (SSSR count). The van der Waals surface area contributed by atoms with Crippen molar-refractivity contribution in [3.05, 3.63) is 30.1 Å². The van der Waals surface area contributed by atoms with Crippen LogP contribution in [0.4, 0.5) is 0 Å². The van der Waals surface area contributed by atoms with E-state index in [1.54, 1.807) is 12.4 Å². The average molecular weight is 290 g/mol. The number of hydrogen-bond donors (Lipinski definition) is 3. The molecule has 21 heavy (non-hydrogen) atoms. The number of amidine groups is 1. The third kappa shape index (κ3) is 3.51. The average Bonchev–Trinajstić information content (AvgIpc) is 2.55. The van der Waals surface area contributed by atoms with Gasteiger partial charge in [0.2, 0.25) is 5.91 Å². The normalized spacial score (nSPS) is 18.2. The van der Waals surface area contributed by atoms with E-state index in [1.807, 2.05) is 12.1 Å². The Bertz CT molecular complexity index is 496. The lowest BCUT2D eigenvalue weighted by atomic mass is 9.72. The van der Waals surface area contributed by atoms with Crippen molar-refractivity contribution in [3.8, 4) is 0 Å². The molecule has 0 radical (unpaired) electrons. The Labute approximate surface area is 124 Å². The van der Waals surface area contributed by atoms with E-state index in [0.717, 1.165) is 24.8 Å². The van der Waals surface area contributed by atoms with E-state index in [0.29, 0.717) is 25.8 Å². The smallest absolute Gasteiger partial charge is 0.233 e. The summed E-state index contributed by atoms with van der Waals surface area (Å²) in [5, 5.41) is 15.0. The number of amides is 1. The molecule has 1 aromatic heterocycles. The van der Waals surface area contributed by atoms with Crippen LogP contribution in [0.2, 0.25) is 0 Å². The number of pyridine rings is 1. The molecule has 6 heteroatoms. The SMILES string of the molecule is NC(=NO)C1(C(=O)NCCc2cccnc2)CCCCC1. The van der Waals surface area contributed by atoms with E-state index in [1.165, 1.54) is 0 Å². The van der Waals surface area contributed by atoms with Gasteiger partial charge in [0.1, 0.15) is 5.41 Å². The van der Waals surface area contributed by atoms with Crippen LogP contribution in [0.5, 0.6) is 0 Å². The van der Waals surface area contributed by atoms with Crippen LogP contribution in [0.3, 0.4) is 0 Å². The number of hydrogen-bond acceptors (Lipinski definition) is 4. The van der Waals surface area contributed by atoms with Crippen LogP contribution in [-0.4, -0.2) is 28.5 Å². The second-order valence-corrected chi connectivity index (χ2v) is 5.50. The largest absolute Gasteiger partial charge is 0.409 e. The van der Waals surface area contributed by atoms with Crippen molar-refractivity contribution in [2.24, 2.45) is 16.3 Å². The molecule has 1 saturated carbocycles. The summed E-state index contributed by atoms with van der Waals surface area (Å²) >= 11 is 0. The van der Waals surface area contributed by atoms with Crippen LogP contribution in [0, 0.1) is 5.41 Å². The van der Waals surface area contributed by atoms with Crippen molar-refractivity contribution in [3.63, 3.8) is 0 Å². The molecule has 114 valence electrons. The fourth-order valence-electron chi connectivity index (χ4n) is 2.89. The second kappa shape index (κ2) is 7.06. The molecule has 0 unspecified atom stereocenters. The number of nitrogens with one attached hydrogen (secondary N) is 1. The van der Waals surface area contributed by atoms with Crippen LogP contribution in [-0.2, 0) is 11.2 Å². The van der Waals surface area contributed by atoms with Crippen molar-refractivity contribution in [2.45, 2.75) is 38.5 Å². The lowest BCUT2D eigenvalue weighted by molar-refractivity contribution is -0.129. The number of aromatic nitrogens is 1. The third-order valence-electron chi connectivity index (χ3n) is 4.16. The van der Waals surface area contributed by atoms with E-state index in [4.69, 9.17) is 10.9 Å². The Balaban J connectivity index is 1.96. The predicted molar refractivity (Wildman–Crippen MR) is 79.9 cm³/mol. The van der Waals surface area contributed by atoms with Gasteiger partial charge in [-0.15, -0.1) is 0 Å². The van der Waals surface area contributed by atoms with Gasteiger partial charge in [-0.1, -0.05) is 30.5 Å². The first-order chi connectivity index (χ1) is 10.2. The number of carbonyl (C=O) groups is 1. The number of oxime groups is 1. The zero-order valence-corrected chi connectivity index (χ0v) is 12.1. The Hall–Kier alpha value is -2.11. The van der Waals surface area contributed by atoms with Crippen molar-refractivity contribution in [2.75, 3.05) is 6.54 Å². The van der Waals surface area contributed by atoms with Gasteiger partial charge in [-0.05, 0) is 30.9 Å². The lowest BCUT2D eigenvalue weighted by Gasteiger charge is -2.34. The minimum absolute atomic E-state index is 0.0288. The number of carbonyl (C=O) groups excluding carboxylic acids is 1. The standard InChI is InChI=1S/C15H22N4O2/c16-13(19-21)15(7-2-1-3-8-15)14(20)18-10-6-12-5-4-9-17-11-12/h4-5,9,11,21H,1-3,6-8,10H2,(H2,16,19)(H,18,20). The van der Waals surface area contributed by atoms with Crippen LogP contribution in [0.15, 0.2) is 29.7 Å². The molecule has 0 bridgehead atoms. The molecule has 1 fully saturated rings. The highest BCUT2D eigenvalue weighted by Crippen LogP contribution is 2.36. The van der Waals surface area contributed by atoms with E-state index < -0.39 is 5.41 Å². The topological polar surface area (TPSA) is 101 Å². The van der Waals surface area contributed by atoms with Crippen LogP contribution in [0.25, 0.3) is 0 Å². The fraction of sp³-hybridized carbons (Fsp3) is 0.533. The van der Waals surface area contributed by atoms with E-state index in [2.05, 4.69) is 15.5 Å². The second-order valence-electron chi connectivity index (χ2n) is 5.50. The summed E-state index contributed by atoms with van der Waals surface area (Å²) in [6.07, 6.45) is 8.43. The van der Waals surface area contributed by atoms with Gasteiger partial charge in [-0.25, -0.2) is 0 Å². The summed E-state index contributed by atoms with van der Waals surface area (Å²) in [5.74, 6) is -0.109. The summed E-state index contributed by atoms with van der Waals surface area (Å²) in [5.41, 5.74) is 6.02. The van der Waals surface area contributed by atoms with E-state index >= 15 is 0 Å². The highest BCUT2D eigenvalue weighted by atomic mass is 16.4. The van der Waals surface area contributed by atoms with Gasteiger partial charge in [0.15, 0.2) is 5.84 Å². The quantitative estimate of drug-likeness (QED) is 0.330. The zero-order valence-electron chi connectivity index (χ0n) is 12.1. The number of nitrogens with zero attached hydrogens (tertiary/aromatic N) is 2. The van der Waals surface area contributed by atoms with Gasteiger partial charge in [0.25, 0.3) is 0 Å². The van der Waals surface area contributed by atoms with Crippen molar-refractivity contribution in [1.29, 1.82) is 0 Å². The first-order valence-corrected chi connectivity index (χ1v) is 7.34. The Morgan fingerprint density at radius 2 is 2.19 bits per heavy atom. The van der Waals surface area contributed by atoms with Crippen molar-refractivity contribution < 1.29 is 10.0 Å². The van der Waals surface area contributed by atoms with Gasteiger partial charge in [-0.2, -0.15) is 0 Å². The Kier molecular flexibility index (Phi) is 5.14. The van der Waals surface area contributed by atoms with E-state index in [9.17, 15) is 4.79 Å². The highest BCUT2D eigenvalue weighted by Gasteiger charge is 2.43. The maximum Gasteiger partial charge on any atom is 0.233 e. The predicted octanol–water partition coefficient (Wildman–Crippen LogP) is 1.44. The Morgan fingerprint density at radius 3 is 2.81 bits per heavy atom. The lowest BCUT2D eigenvalue weighted by Crippen LogP contribution is -2.51.